The van der Waals surface area contributed by atoms with Crippen LogP contribution in [-0.2, 0) is 16.6 Å². The zero-order chi connectivity index (χ0) is 13.9. The van der Waals surface area contributed by atoms with Crippen molar-refractivity contribution in [2.24, 2.45) is 5.92 Å². The number of nitrogens with two attached hydrogens (primary N) is 1. The van der Waals surface area contributed by atoms with Gasteiger partial charge in [-0.2, -0.15) is 5.10 Å². The van der Waals surface area contributed by atoms with Crippen molar-refractivity contribution in [2.75, 3.05) is 19.3 Å². The van der Waals surface area contributed by atoms with Gasteiger partial charge in [0.25, 0.3) is 0 Å². The third-order valence-electron chi connectivity index (χ3n) is 3.03. The van der Waals surface area contributed by atoms with Crippen LogP contribution in [0.2, 0.25) is 0 Å². The largest absolute Gasteiger partial charge is 0.381 e. The SMILES string of the molecule is CCC(C)CN(C)S(=O)(=O)c1cn(CC)nc1N. The molecule has 1 unspecified atom stereocenters. The molecule has 0 saturated heterocycles. The molecule has 0 spiro atoms. The van der Waals surface area contributed by atoms with Crippen molar-refractivity contribution in [3.63, 3.8) is 0 Å². The summed E-state index contributed by atoms with van der Waals surface area (Å²) >= 11 is 0. The van der Waals surface area contributed by atoms with Crippen LogP contribution in [0.3, 0.4) is 0 Å². The molecule has 2 N–H and O–H groups in total. The van der Waals surface area contributed by atoms with Gasteiger partial charge in [-0.15, -0.1) is 0 Å². The number of aromatic nitrogens is 2. The van der Waals surface area contributed by atoms with Gasteiger partial charge in [0, 0.05) is 26.3 Å². The predicted octanol–water partition coefficient (Wildman–Crippen LogP) is 1.15. The van der Waals surface area contributed by atoms with E-state index in [0.717, 1.165) is 6.42 Å². The van der Waals surface area contributed by atoms with Crippen molar-refractivity contribution in [1.29, 1.82) is 0 Å². The van der Waals surface area contributed by atoms with Crippen LogP contribution in [-0.4, -0.2) is 36.1 Å². The third kappa shape index (κ3) is 3.02. The molecule has 6 nitrogen and oxygen atoms in total. The summed E-state index contributed by atoms with van der Waals surface area (Å²) < 4.78 is 27.5. The zero-order valence-electron chi connectivity index (χ0n) is 11.4. The lowest BCUT2D eigenvalue weighted by molar-refractivity contribution is 0.394. The summed E-state index contributed by atoms with van der Waals surface area (Å²) in [6, 6.07) is 0. The molecule has 0 bridgehead atoms. The second-order valence-corrected chi connectivity index (χ2v) is 6.55. The fourth-order valence-corrected chi connectivity index (χ4v) is 2.96. The average molecular weight is 274 g/mol. The Labute approximate surface area is 109 Å². The monoisotopic (exact) mass is 274 g/mol. The van der Waals surface area contributed by atoms with Gasteiger partial charge in [0.1, 0.15) is 4.90 Å². The van der Waals surface area contributed by atoms with Gasteiger partial charge in [0.05, 0.1) is 0 Å². The molecule has 1 rings (SSSR count). The number of hydrogen-bond donors (Lipinski definition) is 1. The molecule has 1 heterocycles. The van der Waals surface area contributed by atoms with Crippen LogP contribution >= 0.6 is 0 Å². The molecule has 7 heteroatoms. The summed E-state index contributed by atoms with van der Waals surface area (Å²) in [5.74, 6) is 0.375. The van der Waals surface area contributed by atoms with Crippen molar-refractivity contribution in [3.05, 3.63) is 6.20 Å². The van der Waals surface area contributed by atoms with Gasteiger partial charge in [0.2, 0.25) is 10.0 Å². The standard InChI is InChI=1S/C11H22N4O2S/c1-5-9(3)7-14(4)18(16,17)10-8-15(6-2)13-11(10)12/h8-9H,5-7H2,1-4H3,(H2,12,13). The molecule has 0 fully saturated rings. The van der Waals surface area contributed by atoms with Crippen LogP contribution < -0.4 is 5.73 Å². The molecule has 1 aromatic rings. The molecule has 0 aliphatic rings. The van der Waals surface area contributed by atoms with Gasteiger partial charge in [-0.25, -0.2) is 12.7 Å². The Morgan fingerprint density at radius 1 is 1.50 bits per heavy atom. The van der Waals surface area contributed by atoms with Crippen molar-refractivity contribution < 1.29 is 8.42 Å². The first kappa shape index (κ1) is 15.0. The van der Waals surface area contributed by atoms with Crippen LogP contribution in [0.25, 0.3) is 0 Å². The van der Waals surface area contributed by atoms with E-state index in [1.54, 1.807) is 7.05 Å². The van der Waals surface area contributed by atoms with E-state index in [4.69, 9.17) is 5.73 Å². The van der Waals surface area contributed by atoms with Crippen LogP contribution in [0.1, 0.15) is 27.2 Å². The summed E-state index contributed by atoms with van der Waals surface area (Å²) in [4.78, 5) is 0.0927. The van der Waals surface area contributed by atoms with E-state index in [9.17, 15) is 8.42 Å². The molecule has 0 amide bonds. The molecule has 0 saturated carbocycles. The van der Waals surface area contributed by atoms with E-state index in [-0.39, 0.29) is 10.7 Å². The van der Waals surface area contributed by atoms with Gasteiger partial charge in [-0.1, -0.05) is 20.3 Å². The van der Waals surface area contributed by atoms with E-state index in [0.29, 0.717) is 19.0 Å². The number of hydrogen-bond acceptors (Lipinski definition) is 4. The molecule has 104 valence electrons. The normalized spacial score (nSPS) is 14.1. The Hall–Kier alpha value is -1.08. The summed E-state index contributed by atoms with van der Waals surface area (Å²) in [6.07, 6.45) is 2.42. The maximum atomic E-state index is 12.3. The second-order valence-electron chi connectivity index (χ2n) is 4.53. The van der Waals surface area contributed by atoms with Gasteiger partial charge < -0.3 is 5.73 Å². The van der Waals surface area contributed by atoms with Crippen molar-refractivity contribution in [1.82, 2.24) is 14.1 Å². The molecule has 18 heavy (non-hydrogen) atoms. The fourth-order valence-electron chi connectivity index (χ4n) is 1.61. The van der Waals surface area contributed by atoms with E-state index in [1.165, 1.54) is 15.2 Å². The van der Waals surface area contributed by atoms with E-state index < -0.39 is 10.0 Å². The molecule has 0 aliphatic heterocycles. The van der Waals surface area contributed by atoms with Crippen molar-refractivity contribution in [2.45, 2.75) is 38.6 Å². The van der Waals surface area contributed by atoms with Crippen LogP contribution in [0.5, 0.6) is 0 Å². The Kier molecular flexibility index (Phi) is 4.75. The molecule has 1 aromatic heterocycles. The summed E-state index contributed by atoms with van der Waals surface area (Å²) in [6.45, 7) is 7.01. The first-order valence-electron chi connectivity index (χ1n) is 6.12. The lowest BCUT2D eigenvalue weighted by Crippen LogP contribution is -2.31. The zero-order valence-corrected chi connectivity index (χ0v) is 12.2. The minimum absolute atomic E-state index is 0.0628. The number of nitrogen functional groups attached to an aromatic ring is 1. The number of anilines is 1. The molecule has 0 aliphatic carbocycles. The van der Waals surface area contributed by atoms with E-state index in [1.807, 2.05) is 20.8 Å². The molecule has 0 radical (unpaired) electrons. The molecule has 0 aromatic carbocycles. The molecular formula is C11H22N4O2S. The highest BCUT2D eigenvalue weighted by Crippen LogP contribution is 2.21. The van der Waals surface area contributed by atoms with E-state index in [2.05, 4.69) is 5.10 Å². The lowest BCUT2D eigenvalue weighted by Gasteiger charge is -2.19. The first-order chi connectivity index (χ1) is 8.32. The summed E-state index contributed by atoms with van der Waals surface area (Å²) in [5, 5.41) is 3.97. The number of nitrogens with zero attached hydrogens (tertiary/aromatic N) is 3. The number of rotatable bonds is 6. The lowest BCUT2D eigenvalue weighted by atomic mass is 10.1. The predicted molar refractivity (Wildman–Crippen MR) is 71.6 cm³/mol. The highest BCUT2D eigenvalue weighted by atomic mass is 32.2. The van der Waals surface area contributed by atoms with Crippen LogP contribution in [0, 0.1) is 5.92 Å². The van der Waals surface area contributed by atoms with Gasteiger partial charge in [0.15, 0.2) is 5.82 Å². The highest BCUT2D eigenvalue weighted by molar-refractivity contribution is 7.89. The summed E-state index contributed by atoms with van der Waals surface area (Å²) in [7, 11) is -1.97. The van der Waals surface area contributed by atoms with E-state index >= 15 is 0 Å². The quantitative estimate of drug-likeness (QED) is 0.843. The van der Waals surface area contributed by atoms with Crippen molar-refractivity contribution >= 4 is 15.8 Å². The topological polar surface area (TPSA) is 81.2 Å². The average Bonchev–Trinajstić information content (AvgIpc) is 2.70. The molecular weight excluding hydrogens is 252 g/mol. The smallest absolute Gasteiger partial charge is 0.248 e. The van der Waals surface area contributed by atoms with Crippen molar-refractivity contribution in [3.8, 4) is 0 Å². The minimum atomic E-state index is -3.54. The van der Waals surface area contributed by atoms with Gasteiger partial charge >= 0.3 is 0 Å². The number of aryl methyl sites for hydroxylation is 1. The minimum Gasteiger partial charge on any atom is -0.381 e. The maximum Gasteiger partial charge on any atom is 0.248 e. The molecule has 1 atom stereocenters. The summed E-state index contributed by atoms with van der Waals surface area (Å²) in [5.41, 5.74) is 5.67. The Morgan fingerprint density at radius 2 is 2.11 bits per heavy atom. The van der Waals surface area contributed by atoms with Crippen LogP contribution in [0.15, 0.2) is 11.1 Å². The number of sulfonamides is 1. The Bertz CT molecular complexity index is 495. The Balaban J connectivity index is 3.01. The second kappa shape index (κ2) is 5.71. The van der Waals surface area contributed by atoms with Gasteiger partial charge in [-0.3, -0.25) is 4.68 Å². The fraction of sp³-hybridized carbons (Fsp3) is 0.727. The Morgan fingerprint density at radius 3 is 2.56 bits per heavy atom. The highest BCUT2D eigenvalue weighted by Gasteiger charge is 2.26. The van der Waals surface area contributed by atoms with Gasteiger partial charge in [-0.05, 0) is 12.8 Å². The van der Waals surface area contributed by atoms with Crippen LogP contribution in [0.4, 0.5) is 5.82 Å². The maximum absolute atomic E-state index is 12.3. The third-order valence-corrected chi connectivity index (χ3v) is 4.87. The first-order valence-corrected chi connectivity index (χ1v) is 7.56.